The fourth-order valence-electron chi connectivity index (χ4n) is 1.32. The third-order valence-electron chi connectivity index (χ3n) is 2.30. The van der Waals surface area contributed by atoms with Crippen LogP contribution in [-0.4, -0.2) is 54.5 Å². The van der Waals surface area contributed by atoms with Crippen LogP contribution in [0.5, 0.6) is 0 Å². The first-order chi connectivity index (χ1) is 9.18. The Morgan fingerprint density at radius 2 is 2.16 bits per heavy atom. The zero-order valence-corrected chi connectivity index (χ0v) is 13.1. The van der Waals surface area contributed by atoms with Crippen LogP contribution in [0.25, 0.3) is 0 Å². The molecule has 1 heterocycles. The topological polar surface area (TPSA) is 45.2 Å². The second-order valence-corrected chi connectivity index (χ2v) is 7.04. The van der Waals surface area contributed by atoms with Crippen LogP contribution in [0.15, 0.2) is 24.5 Å². The van der Waals surface area contributed by atoms with Gasteiger partial charge in [0.1, 0.15) is 0 Å². The molecule has 1 rings (SSSR count). The first-order valence-corrected chi connectivity index (χ1v) is 8.72. The molecule has 0 aliphatic carbocycles. The number of carbonyl (C=O) groups excluding carboxylic acids is 1. The summed E-state index contributed by atoms with van der Waals surface area (Å²) >= 11 is 0. The fourth-order valence-corrected chi connectivity index (χ4v) is 3.36. The summed E-state index contributed by atoms with van der Waals surface area (Å²) in [5, 5.41) is 2.92. The largest absolute Gasteiger partial charge is 0.355 e. The van der Waals surface area contributed by atoms with Crippen molar-refractivity contribution in [3.05, 3.63) is 30.1 Å². The van der Waals surface area contributed by atoms with Crippen molar-refractivity contribution in [2.24, 2.45) is 0 Å². The highest BCUT2D eigenvalue weighted by Gasteiger charge is 2.02. The molecule has 0 spiro atoms. The standard InChI is InChI=1S/C13H21N3OS2/c1-16(2)7-9-19-18-8-6-15-13(17)10-12-4-3-5-14-11-12/h3-5,11H,6-10H2,1-2H3,(H,15,17). The molecule has 0 bridgehead atoms. The zero-order valence-electron chi connectivity index (χ0n) is 11.5. The molecule has 4 nitrogen and oxygen atoms in total. The van der Waals surface area contributed by atoms with Gasteiger partial charge in [0, 0.05) is 37.0 Å². The predicted molar refractivity (Wildman–Crippen MR) is 84.4 cm³/mol. The molecule has 0 aliphatic heterocycles. The fraction of sp³-hybridized carbons (Fsp3) is 0.538. The molecule has 0 aromatic carbocycles. The number of amides is 1. The van der Waals surface area contributed by atoms with Crippen molar-refractivity contribution in [3.63, 3.8) is 0 Å². The van der Waals surface area contributed by atoms with Crippen LogP contribution >= 0.6 is 21.6 Å². The SMILES string of the molecule is CN(C)CCSSCCNC(=O)Cc1cccnc1. The Kier molecular flexibility index (Phi) is 8.69. The highest BCUT2D eigenvalue weighted by molar-refractivity contribution is 8.76. The maximum Gasteiger partial charge on any atom is 0.224 e. The molecule has 0 aliphatic rings. The van der Waals surface area contributed by atoms with E-state index in [1.54, 1.807) is 23.2 Å². The van der Waals surface area contributed by atoms with E-state index in [4.69, 9.17) is 0 Å². The lowest BCUT2D eigenvalue weighted by Gasteiger charge is -2.08. The molecular weight excluding hydrogens is 278 g/mol. The van der Waals surface area contributed by atoms with Crippen molar-refractivity contribution in [1.82, 2.24) is 15.2 Å². The number of hydrogen-bond donors (Lipinski definition) is 1. The Morgan fingerprint density at radius 1 is 1.37 bits per heavy atom. The number of carbonyl (C=O) groups is 1. The van der Waals surface area contributed by atoms with Gasteiger partial charge in [-0.1, -0.05) is 27.7 Å². The Bertz CT molecular complexity index is 360. The minimum Gasteiger partial charge on any atom is -0.355 e. The van der Waals surface area contributed by atoms with Gasteiger partial charge in [-0.3, -0.25) is 9.78 Å². The molecule has 0 radical (unpaired) electrons. The highest BCUT2D eigenvalue weighted by Crippen LogP contribution is 2.19. The molecule has 1 aromatic heterocycles. The lowest BCUT2D eigenvalue weighted by atomic mass is 10.2. The maximum absolute atomic E-state index is 11.6. The van der Waals surface area contributed by atoms with Crippen LogP contribution in [0.3, 0.4) is 0 Å². The van der Waals surface area contributed by atoms with Crippen LogP contribution in [0.4, 0.5) is 0 Å². The van der Waals surface area contributed by atoms with E-state index in [9.17, 15) is 4.79 Å². The Labute approximate surface area is 123 Å². The summed E-state index contributed by atoms with van der Waals surface area (Å²) in [7, 11) is 7.80. The van der Waals surface area contributed by atoms with Gasteiger partial charge in [-0.05, 0) is 25.7 Å². The van der Waals surface area contributed by atoms with Crippen molar-refractivity contribution < 1.29 is 4.79 Å². The van der Waals surface area contributed by atoms with Crippen molar-refractivity contribution in [3.8, 4) is 0 Å². The molecule has 0 saturated heterocycles. The van der Waals surface area contributed by atoms with Gasteiger partial charge in [-0.25, -0.2) is 0 Å². The summed E-state index contributed by atoms with van der Waals surface area (Å²) in [5.41, 5.74) is 0.952. The molecule has 6 heteroatoms. The third kappa shape index (κ3) is 8.91. The van der Waals surface area contributed by atoms with Gasteiger partial charge in [0.05, 0.1) is 6.42 Å². The number of nitrogens with one attached hydrogen (secondary N) is 1. The van der Waals surface area contributed by atoms with Crippen molar-refractivity contribution >= 4 is 27.5 Å². The van der Waals surface area contributed by atoms with E-state index in [1.165, 1.54) is 0 Å². The molecule has 1 amide bonds. The molecule has 1 N–H and O–H groups in total. The van der Waals surface area contributed by atoms with E-state index in [0.29, 0.717) is 6.42 Å². The summed E-state index contributed by atoms with van der Waals surface area (Å²) < 4.78 is 0. The van der Waals surface area contributed by atoms with Crippen LogP contribution < -0.4 is 5.32 Å². The summed E-state index contributed by atoms with van der Waals surface area (Å²) in [6.45, 7) is 1.81. The lowest BCUT2D eigenvalue weighted by Crippen LogP contribution is -2.27. The van der Waals surface area contributed by atoms with E-state index in [-0.39, 0.29) is 5.91 Å². The first-order valence-electron chi connectivity index (χ1n) is 6.23. The van der Waals surface area contributed by atoms with Crippen LogP contribution in [-0.2, 0) is 11.2 Å². The minimum absolute atomic E-state index is 0.0619. The summed E-state index contributed by atoms with van der Waals surface area (Å²) in [6.07, 6.45) is 3.85. The zero-order chi connectivity index (χ0) is 13.9. The minimum atomic E-state index is 0.0619. The maximum atomic E-state index is 11.6. The normalized spacial score (nSPS) is 10.7. The van der Waals surface area contributed by atoms with Crippen LogP contribution in [0.2, 0.25) is 0 Å². The second kappa shape index (κ2) is 10.1. The number of nitrogens with zero attached hydrogens (tertiary/aromatic N) is 2. The molecule has 0 atom stereocenters. The van der Waals surface area contributed by atoms with Crippen LogP contribution in [0.1, 0.15) is 5.56 Å². The molecule has 0 unspecified atom stereocenters. The van der Waals surface area contributed by atoms with Crippen molar-refractivity contribution in [2.45, 2.75) is 6.42 Å². The third-order valence-corrected chi connectivity index (χ3v) is 4.69. The van der Waals surface area contributed by atoms with Gasteiger partial charge in [-0.15, -0.1) is 0 Å². The Balaban J connectivity index is 1.99. The Hall–Kier alpha value is -0.720. The van der Waals surface area contributed by atoms with E-state index in [0.717, 1.165) is 30.2 Å². The number of aromatic nitrogens is 1. The smallest absolute Gasteiger partial charge is 0.224 e. The summed E-state index contributed by atoms with van der Waals surface area (Å²) in [4.78, 5) is 17.8. The number of hydrogen-bond acceptors (Lipinski definition) is 5. The van der Waals surface area contributed by atoms with Crippen molar-refractivity contribution in [2.75, 3.05) is 38.7 Å². The van der Waals surface area contributed by atoms with Crippen LogP contribution in [0, 0.1) is 0 Å². The van der Waals surface area contributed by atoms with Gasteiger partial charge in [0.2, 0.25) is 5.91 Å². The molecule has 19 heavy (non-hydrogen) atoms. The van der Waals surface area contributed by atoms with E-state index in [2.05, 4.69) is 29.3 Å². The van der Waals surface area contributed by atoms with E-state index in [1.807, 2.05) is 22.9 Å². The summed E-state index contributed by atoms with van der Waals surface area (Å²) in [5.74, 6) is 2.12. The molecule has 0 fully saturated rings. The summed E-state index contributed by atoms with van der Waals surface area (Å²) in [6, 6.07) is 3.76. The first kappa shape index (κ1) is 16.3. The van der Waals surface area contributed by atoms with Gasteiger partial charge in [0.25, 0.3) is 0 Å². The number of pyridine rings is 1. The van der Waals surface area contributed by atoms with Gasteiger partial charge in [0.15, 0.2) is 0 Å². The van der Waals surface area contributed by atoms with E-state index < -0.39 is 0 Å². The number of rotatable bonds is 9. The average Bonchev–Trinajstić information content (AvgIpc) is 2.38. The molecule has 106 valence electrons. The quantitative estimate of drug-likeness (QED) is 0.555. The molecule has 1 aromatic rings. The van der Waals surface area contributed by atoms with Gasteiger partial charge >= 0.3 is 0 Å². The lowest BCUT2D eigenvalue weighted by molar-refractivity contribution is -0.120. The predicted octanol–water partition coefficient (Wildman–Crippen LogP) is 1.68. The van der Waals surface area contributed by atoms with Crippen molar-refractivity contribution in [1.29, 1.82) is 0 Å². The van der Waals surface area contributed by atoms with Gasteiger partial charge in [-0.2, -0.15) is 0 Å². The molecular formula is C13H21N3OS2. The monoisotopic (exact) mass is 299 g/mol. The second-order valence-electron chi connectivity index (χ2n) is 4.34. The average molecular weight is 299 g/mol. The molecule has 0 saturated carbocycles. The van der Waals surface area contributed by atoms with E-state index >= 15 is 0 Å². The van der Waals surface area contributed by atoms with Gasteiger partial charge < -0.3 is 10.2 Å². The highest BCUT2D eigenvalue weighted by atomic mass is 33.1. The Morgan fingerprint density at radius 3 is 2.84 bits per heavy atom.